The molecule has 0 atom stereocenters. The summed E-state index contributed by atoms with van der Waals surface area (Å²) in [4.78, 5) is 9.76. The SMILES string of the molecule is Oc1[nH]c2ccc(F)cc2c1C=Nc1ccc(CN2CCCCC2)cc1. The van der Waals surface area contributed by atoms with Gasteiger partial charge in [-0.1, -0.05) is 18.6 Å². The van der Waals surface area contributed by atoms with Crippen LogP contribution < -0.4 is 0 Å². The molecule has 3 aromatic rings. The van der Waals surface area contributed by atoms with Crippen molar-refractivity contribution in [2.24, 2.45) is 4.99 Å². The zero-order valence-electron chi connectivity index (χ0n) is 14.6. The van der Waals surface area contributed by atoms with Gasteiger partial charge in [0.25, 0.3) is 0 Å². The lowest BCUT2D eigenvalue weighted by atomic mass is 10.1. The molecule has 2 aromatic carbocycles. The van der Waals surface area contributed by atoms with E-state index in [9.17, 15) is 9.50 Å². The van der Waals surface area contributed by atoms with Gasteiger partial charge in [0.2, 0.25) is 0 Å². The monoisotopic (exact) mass is 351 g/mol. The summed E-state index contributed by atoms with van der Waals surface area (Å²) >= 11 is 0. The van der Waals surface area contributed by atoms with Crippen LogP contribution in [0.5, 0.6) is 5.88 Å². The Hall–Kier alpha value is -2.66. The summed E-state index contributed by atoms with van der Waals surface area (Å²) in [6, 6.07) is 12.5. The normalized spacial score (nSPS) is 15.9. The fraction of sp³-hybridized carbons (Fsp3) is 0.286. The predicted octanol–water partition coefficient (Wildman–Crippen LogP) is 4.75. The summed E-state index contributed by atoms with van der Waals surface area (Å²) < 4.78 is 13.5. The average Bonchev–Trinajstić information content (AvgIpc) is 2.96. The Morgan fingerprint density at radius 2 is 1.85 bits per heavy atom. The van der Waals surface area contributed by atoms with Crippen molar-refractivity contribution in [2.75, 3.05) is 13.1 Å². The van der Waals surface area contributed by atoms with E-state index in [1.807, 2.05) is 12.1 Å². The molecule has 1 fully saturated rings. The lowest BCUT2D eigenvalue weighted by Crippen LogP contribution is -2.28. The number of nitrogens with one attached hydrogen (secondary N) is 1. The van der Waals surface area contributed by atoms with E-state index >= 15 is 0 Å². The molecule has 0 bridgehead atoms. The van der Waals surface area contributed by atoms with Crippen LogP contribution in [-0.4, -0.2) is 34.3 Å². The number of nitrogens with zero attached hydrogens (tertiary/aromatic N) is 2. The molecular formula is C21H22FN3O. The number of aromatic hydroxyl groups is 1. The van der Waals surface area contributed by atoms with Gasteiger partial charge in [0.1, 0.15) is 5.82 Å². The van der Waals surface area contributed by atoms with Crippen LogP contribution >= 0.6 is 0 Å². The Balaban J connectivity index is 1.50. The summed E-state index contributed by atoms with van der Waals surface area (Å²) in [5.41, 5.74) is 3.26. The largest absolute Gasteiger partial charge is 0.494 e. The lowest BCUT2D eigenvalue weighted by molar-refractivity contribution is 0.221. The van der Waals surface area contributed by atoms with Gasteiger partial charge in [0, 0.05) is 23.7 Å². The standard InChI is InChI=1S/C21H22FN3O/c22-16-6-9-20-18(12-16)19(21(26)24-20)13-23-17-7-4-15(5-8-17)14-25-10-2-1-3-11-25/h4-9,12-13,24,26H,1-3,10-11,14H2. The van der Waals surface area contributed by atoms with E-state index in [2.05, 4.69) is 27.0 Å². The number of halogens is 1. The minimum Gasteiger partial charge on any atom is -0.494 e. The quantitative estimate of drug-likeness (QED) is 0.667. The smallest absolute Gasteiger partial charge is 0.198 e. The molecule has 5 heteroatoms. The zero-order chi connectivity index (χ0) is 17.9. The van der Waals surface area contributed by atoms with Crippen molar-refractivity contribution in [3.63, 3.8) is 0 Å². The van der Waals surface area contributed by atoms with Crippen LogP contribution in [0.25, 0.3) is 10.9 Å². The van der Waals surface area contributed by atoms with Crippen LogP contribution in [-0.2, 0) is 6.54 Å². The molecule has 1 aliphatic rings. The number of aliphatic imine (C=N–C) groups is 1. The van der Waals surface area contributed by atoms with E-state index in [0.29, 0.717) is 16.5 Å². The first kappa shape index (κ1) is 16.8. The molecule has 4 nitrogen and oxygen atoms in total. The van der Waals surface area contributed by atoms with E-state index < -0.39 is 0 Å². The maximum atomic E-state index is 13.5. The first-order valence-corrected chi connectivity index (χ1v) is 9.04. The minimum atomic E-state index is -0.340. The van der Waals surface area contributed by atoms with E-state index in [1.165, 1.54) is 50.0 Å². The molecule has 4 rings (SSSR count). The molecule has 134 valence electrons. The number of hydrogen-bond donors (Lipinski definition) is 2. The third-order valence-electron chi connectivity index (χ3n) is 4.91. The van der Waals surface area contributed by atoms with E-state index in [0.717, 1.165) is 12.2 Å². The number of benzene rings is 2. The summed E-state index contributed by atoms with van der Waals surface area (Å²) in [6.45, 7) is 3.33. The van der Waals surface area contributed by atoms with Gasteiger partial charge in [-0.3, -0.25) is 9.89 Å². The Labute approximate surface area is 152 Å². The summed E-state index contributed by atoms with van der Waals surface area (Å²) in [7, 11) is 0. The Bertz CT molecular complexity index is 924. The first-order chi connectivity index (χ1) is 12.7. The summed E-state index contributed by atoms with van der Waals surface area (Å²) in [5.74, 6) is -0.343. The van der Waals surface area contributed by atoms with Crippen LogP contribution in [0, 0.1) is 5.82 Å². The molecule has 1 saturated heterocycles. The second-order valence-corrected chi connectivity index (χ2v) is 6.84. The number of aromatic amines is 1. The van der Waals surface area contributed by atoms with Gasteiger partial charge in [-0.2, -0.15) is 0 Å². The highest BCUT2D eigenvalue weighted by atomic mass is 19.1. The molecule has 0 saturated carbocycles. The molecular weight excluding hydrogens is 329 g/mol. The van der Waals surface area contributed by atoms with Crippen molar-refractivity contribution in [1.29, 1.82) is 0 Å². The zero-order valence-corrected chi connectivity index (χ0v) is 14.6. The van der Waals surface area contributed by atoms with Gasteiger partial charge >= 0.3 is 0 Å². The molecule has 2 heterocycles. The number of likely N-dealkylation sites (tertiary alicyclic amines) is 1. The highest BCUT2D eigenvalue weighted by molar-refractivity contribution is 6.02. The van der Waals surface area contributed by atoms with E-state index in [4.69, 9.17) is 0 Å². The third-order valence-corrected chi connectivity index (χ3v) is 4.91. The van der Waals surface area contributed by atoms with Gasteiger partial charge in [-0.05, 0) is 61.8 Å². The minimum absolute atomic E-state index is 0.00364. The average molecular weight is 351 g/mol. The highest BCUT2D eigenvalue weighted by Crippen LogP contribution is 2.27. The maximum Gasteiger partial charge on any atom is 0.198 e. The summed E-state index contributed by atoms with van der Waals surface area (Å²) in [5, 5.41) is 10.7. The van der Waals surface area contributed by atoms with Gasteiger partial charge in [0.15, 0.2) is 5.88 Å². The predicted molar refractivity (Wildman–Crippen MR) is 103 cm³/mol. The fourth-order valence-electron chi connectivity index (χ4n) is 3.50. The van der Waals surface area contributed by atoms with Crippen molar-refractivity contribution in [2.45, 2.75) is 25.8 Å². The van der Waals surface area contributed by atoms with Crippen molar-refractivity contribution in [1.82, 2.24) is 9.88 Å². The van der Waals surface area contributed by atoms with Crippen molar-refractivity contribution < 1.29 is 9.50 Å². The molecule has 0 unspecified atom stereocenters. The number of piperidine rings is 1. The van der Waals surface area contributed by atoms with Crippen LogP contribution in [0.1, 0.15) is 30.4 Å². The molecule has 0 radical (unpaired) electrons. The van der Waals surface area contributed by atoms with Crippen LogP contribution in [0.3, 0.4) is 0 Å². The molecule has 0 spiro atoms. The molecule has 0 aliphatic carbocycles. The third kappa shape index (κ3) is 3.63. The molecule has 1 aromatic heterocycles. The highest BCUT2D eigenvalue weighted by Gasteiger charge is 2.11. The van der Waals surface area contributed by atoms with Crippen molar-refractivity contribution >= 4 is 22.8 Å². The van der Waals surface area contributed by atoms with Gasteiger partial charge in [0.05, 0.1) is 11.3 Å². The second-order valence-electron chi connectivity index (χ2n) is 6.84. The second kappa shape index (κ2) is 7.30. The number of fused-ring (bicyclic) bond motifs is 1. The van der Waals surface area contributed by atoms with Gasteiger partial charge in [-0.15, -0.1) is 0 Å². The number of aromatic nitrogens is 1. The van der Waals surface area contributed by atoms with Crippen LogP contribution in [0.2, 0.25) is 0 Å². The van der Waals surface area contributed by atoms with Crippen LogP contribution in [0.4, 0.5) is 10.1 Å². The Morgan fingerprint density at radius 3 is 2.62 bits per heavy atom. The van der Waals surface area contributed by atoms with Crippen LogP contribution in [0.15, 0.2) is 47.5 Å². The number of H-pyrrole nitrogens is 1. The Kier molecular flexibility index (Phi) is 4.71. The van der Waals surface area contributed by atoms with Crippen molar-refractivity contribution in [3.05, 3.63) is 59.4 Å². The molecule has 0 amide bonds. The first-order valence-electron chi connectivity index (χ1n) is 9.04. The molecule has 26 heavy (non-hydrogen) atoms. The number of hydrogen-bond acceptors (Lipinski definition) is 3. The van der Waals surface area contributed by atoms with Gasteiger partial charge in [-0.25, -0.2) is 4.39 Å². The fourth-order valence-corrected chi connectivity index (χ4v) is 3.50. The number of rotatable bonds is 4. The van der Waals surface area contributed by atoms with Gasteiger partial charge < -0.3 is 10.1 Å². The maximum absolute atomic E-state index is 13.5. The lowest BCUT2D eigenvalue weighted by Gasteiger charge is -2.26. The molecule has 1 aliphatic heterocycles. The Morgan fingerprint density at radius 1 is 1.08 bits per heavy atom. The topological polar surface area (TPSA) is 51.6 Å². The molecule has 2 N–H and O–H groups in total. The van der Waals surface area contributed by atoms with E-state index in [-0.39, 0.29) is 11.7 Å². The van der Waals surface area contributed by atoms with E-state index in [1.54, 1.807) is 12.3 Å². The van der Waals surface area contributed by atoms with Crippen molar-refractivity contribution in [3.8, 4) is 5.88 Å². The summed E-state index contributed by atoms with van der Waals surface area (Å²) in [6.07, 6.45) is 5.50.